The first-order valence-corrected chi connectivity index (χ1v) is 6.94. The Balaban J connectivity index is 2.77. The summed E-state index contributed by atoms with van der Waals surface area (Å²) in [6.45, 7) is 11.4. The maximum absolute atomic E-state index is 11.8. The molecule has 0 fully saturated rings. The molecule has 1 aromatic carbocycles. The van der Waals surface area contributed by atoms with Crippen LogP contribution in [0.5, 0.6) is 5.75 Å². The quantitative estimate of drug-likeness (QED) is 0.904. The van der Waals surface area contributed by atoms with Gasteiger partial charge in [0.15, 0.2) is 0 Å². The summed E-state index contributed by atoms with van der Waals surface area (Å²) in [5.41, 5.74) is 0.435. The molecule has 0 aliphatic carbocycles. The van der Waals surface area contributed by atoms with E-state index in [1.54, 1.807) is 0 Å². The van der Waals surface area contributed by atoms with Crippen LogP contribution in [0.25, 0.3) is 0 Å². The van der Waals surface area contributed by atoms with Gasteiger partial charge in [0.1, 0.15) is 11.4 Å². The molecule has 0 saturated carbocycles. The molecular weight excluding hydrogens is 254 g/mol. The second-order valence-electron chi connectivity index (χ2n) is 6.07. The number of ether oxygens (including phenoxy) is 2. The number of carbonyl (C=O) groups excluding carboxylic acids is 1. The molecule has 0 aliphatic rings. The summed E-state index contributed by atoms with van der Waals surface area (Å²) >= 11 is 0. The highest BCUT2D eigenvalue weighted by molar-refractivity contribution is 5.68. The van der Waals surface area contributed by atoms with Crippen LogP contribution >= 0.6 is 0 Å². The van der Waals surface area contributed by atoms with Crippen molar-refractivity contribution < 1.29 is 14.3 Å². The fourth-order valence-corrected chi connectivity index (χ4v) is 1.76. The van der Waals surface area contributed by atoms with Crippen LogP contribution in [0.2, 0.25) is 0 Å². The second-order valence-corrected chi connectivity index (χ2v) is 6.07. The van der Waals surface area contributed by atoms with Gasteiger partial charge in [-0.2, -0.15) is 0 Å². The van der Waals surface area contributed by atoms with Gasteiger partial charge in [-0.25, -0.2) is 4.79 Å². The molecule has 4 heteroatoms. The fraction of sp³-hybridized carbons (Fsp3) is 0.562. The molecule has 0 spiro atoms. The first-order valence-electron chi connectivity index (χ1n) is 6.94. The number of rotatable bonds is 4. The van der Waals surface area contributed by atoms with Crippen molar-refractivity contribution >= 4 is 6.09 Å². The van der Waals surface area contributed by atoms with Gasteiger partial charge >= 0.3 is 6.09 Å². The number of hydrogen-bond donors (Lipinski definition) is 1. The Morgan fingerprint density at radius 2 is 1.75 bits per heavy atom. The number of carbonyl (C=O) groups is 1. The first kappa shape index (κ1) is 16.3. The highest BCUT2D eigenvalue weighted by Crippen LogP contribution is 2.26. The zero-order chi connectivity index (χ0) is 15.3. The molecule has 1 atom stereocenters. The van der Waals surface area contributed by atoms with Crippen LogP contribution in [0.1, 0.15) is 53.1 Å². The monoisotopic (exact) mass is 279 g/mol. The lowest BCUT2D eigenvalue weighted by molar-refractivity contribution is 0.0507. The Morgan fingerprint density at radius 1 is 1.15 bits per heavy atom. The van der Waals surface area contributed by atoms with Crippen molar-refractivity contribution in [3.05, 3.63) is 29.8 Å². The Hall–Kier alpha value is -1.71. The molecule has 1 rings (SSSR count). The summed E-state index contributed by atoms with van der Waals surface area (Å²) in [4.78, 5) is 11.8. The number of nitrogens with one attached hydrogen (secondary N) is 1. The van der Waals surface area contributed by atoms with Crippen molar-refractivity contribution in [2.24, 2.45) is 0 Å². The average molecular weight is 279 g/mol. The molecule has 1 unspecified atom stereocenters. The topological polar surface area (TPSA) is 47.6 Å². The summed E-state index contributed by atoms with van der Waals surface area (Å²) in [5, 5.41) is 2.83. The van der Waals surface area contributed by atoms with E-state index in [2.05, 4.69) is 5.32 Å². The van der Waals surface area contributed by atoms with Crippen LogP contribution in [0.4, 0.5) is 4.79 Å². The van der Waals surface area contributed by atoms with E-state index in [-0.39, 0.29) is 12.1 Å². The van der Waals surface area contributed by atoms with Crippen molar-refractivity contribution in [2.75, 3.05) is 0 Å². The minimum absolute atomic E-state index is 0.0878. The number of para-hydroxylation sites is 1. The zero-order valence-electron chi connectivity index (χ0n) is 13.2. The summed E-state index contributed by atoms with van der Waals surface area (Å²) in [7, 11) is 0. The first-order chi connectivity index (χ1) is 9.19. The molecule has 1 N–H and O–H groups in total. The highest BCUT2D eigenvalue weighted by atomic mass is 16.6. The normalized spacial score (nSPS) is 12.9. The van der Waals surface area contributed by atoms with E-state index in [9.17, 15) is 4.79 Å². The fourth-order valence-electron chi connectivity index (χ4n) is 1.76. The predicted molar refractivity (Wildman–Crippen MR) is 80.0 cm³/mol. The van der Waals surface area contributed by atoms with Gasteiger partial charge in [-0.15, -0.1) is 0 Å². The summed E-state index contributed by atoms with van der Waals surface area (Å²) < 4.78 is 11.0. The van der Waals surface area contributed by atoms with Gasteiger partial charge in [-0.3, -0.25) is 0 Å². The minimum Gasteiger partial charge on any atom is -0.491 e. The summed E-state index contributed by atoms with van der Waals surface area (Å²) in [6, 6.07) is 7.51. The smallest absolute Gasteiger partial charge is 0.408 e. The average Bonchev–Trinajstić information content (AvgIpc) is 2.25. The lowest BCUT2D eigenvalue weighted by Gasteiger charge is -2.23. The maximum Gasteiger partial charge on any atom is 0.408 e. The Morgan fingerprint density at radius 3 is 2.30 bits per heavy atom. The molecule has 112 valence electrons. The molecule has 1 aromatic rings. The molecular formula is C16H25NO3. The van der Waals surface area contributed by atoms with Gasteiger partial charge in [-0.1, -0.05) is 18.2 Å². The molecule has 0 heterocycles. The van der Waals surface area contributed by atoms with Crippen molar-refractivity contribution in [1.82, 2.24) is 5.32 Å². The third-order valence-electron chi connectivity index (χ3n) is 2.48. The molecule has 0 bridgehead atoms. The molecule has 1 amide bonds. The van der Waals surface area contributed by atoms with Crippen molar-refractivity contribution in [3.8, 4) is 5.75 Å². The third kappa shape index (κ3) is 5.51. The van der Waals surface area contributed by atoms with E-state index in [1.165, 1.54) is 0 Å². The molecule has 0 saturated heterocycles. The van der Waals surface area contributed by atoms with Gasteiger partial charge in [0.25, 0.3) is 0 Å². The lowest BCUT2D eigenvalue weighted by Crippen LogP contribution is -2.34. The van der Waals surface area contributed by atoms with Gasteiger partial charge in [0.05, 0.1) is 12.1 Å². The van der Waals surface area contributed by atoms with Crippen LogP contribution in [0, 0.1) is 0 Å². The molecule has 0 aromatic heterocycles. The zero-order valence-corrected chi connectivity index (χ0v) is 13.2. The summed E-state index contributed by atoms with van der Waals surface area (Å²) in [5.74, 6) is 0.783. The van der Waals surface area contributed by atoms with E-state index in [0.717, 1.165) is 11.3 Å². The number of hydrogen-bond acceptors (Lipinski definition) is 3. The highest BCUT2D eigenvalue weighted by Gasteiger charge is 2.20. The predicted octanol–water partition coefficient (Wildman–Crippen LogP) is 4.06. The van der Waals surface area contributed by atoms with E-state index in [0.29, 0.717) is 0 Å². The maximum atomic E-state index is 11.8. The molecule has 20 heavy (non-hydrogen) atoms. The van der Waals surface area contributed by atoms with E-state index in [4.69, 9.17) is 9.47 Å². The lowest BCUT2D eigenvalue weighted by atomic mass is 10.1. The van der Waals surface area contributed by atoms with Crippen molar-refractivity contribution in [3.63, 3.8) is 0 Å². The number of benzene rings is 1. The van der Waals surface area contributed by atoms with Crippen molar-refractivity contribution in [2.45, 2.75) is 59.3 Å². The minimum atomic E-state index is -0.502. The van der Waals surface area contributed by atoms with Gasteiger partial charge < -0.3 is 14.8 Å². The molecule has 4 nitrogen and oxygen atoms in total. The third-order valence-corrected chi connectivity index (χ3v) is 2.48. The second kappa shape index (κ2) is 6.64. The van der Waals surface area contributed by atoms with Crippen LogP contribution in [-0.2, 0) is 4.74 Å². The Labute approximate surface area is 121 Å². The largest absolute Gasteiger partial charge is 0.491 e. The van der Waals surface area contributed by atoms with Crippen LogP contribution in [0.15, 0.2) is 24.3 Å². The summed E-state index contributed by atoms with van der Waals surface area (Å²) in [6.07, 6.45) is -0.339. The van der Waals surface area contributed by atoms with Gasteiger partial charge in [0, 0.05) is 5.56 Å². The van der Waals surface area contributed by atoms with E-state index >= 15 is 0 Å². The van der Waals surface area contributed by atoms with Gasteiger partial charge in [0.2, 0.25) is 0 Å². The number of amides is 1. The van der Waals surface area contributed by atoms with Crippen LogP contribution < -0.4 is 10.1 Å². The standard InChI is InChI=1S/C16H25NO3/c1-11(2)19-14-10-8-7-9-13(14)12(3)17-15(18)20-16(4,5)6/h7-12H,1-6H3,(H,17,18). The van der Waals surface area contributed by atoms with Crippen LogP contribution in [-0.4, -0.2) is 17.8 Å². The van der Waals surface area contributed by atoms with Gasteiger partial charge in [-0.05, 0) is 47.6 Å². The Kier molecular flexibility index (Phi) is 5.43. The Bertz CT molecular complexity index is 449. The van der Waals surface area contributed by atoms with Crippen molar-refractivity contribution in [1.29, 1.82) is 0 Å². The molecule has 0 radical (unpaired) electrons. The van der Waals surface area contributed by atoms with E-state index in [1.807, 2.05) is 65.8 Å². The van der Waals surface area contributed by atoms with E-state index < -0.39 is 11.7 Å². The van der Waals surface area contributed by atoms with Crippen LogP contribution in [0.3, 0.4) is 0 Å². The SMILES string of the molecule is CC(C)Oc1ccccc1C(C)NC(=O)OC(C)(C)C. The molecule has 0 aliphatic heterocycles. The number of alkyl carbamates (subject to hydrolysis) is 1.